The number of carbonyl (C=O) groups excluding carboxylic acids is 2. The Labute approximate surface area is 149 Å². The summed E-state index contributed by atoms with van der Waals surface area (Å²) < 4.78 is 15.7. The first-order valence-corrected chi connectivity index (χ1v) is 8.15. The maximum Gasteiger partial charge on any atom is 0.339 e. The van der Waals surface area contributed by atoms with Crippen molar-refractivity contribution in [1.82, 2.24) is 4.98 Å². The van der Waals surface area contributed by atoms with Crippen LogP contribution in [0.25, 0.3) is 11.1 Å². The van der Waals surface area contributed by atoms with Crippen LogP contribution in [-0.4, -0.2) is 29.6 Å². The zero-order valence-electron chi connectivity index (χ0n) is 14.4. The van der Waals surface area contributed by atoms with Gasteiger partial charge in [0.1, 0.15) is 11.3 Å². The van der Waals surface area contributed by atoms with E-state index in [-0.39, 0.29) is 5.56 Å². The minimum atomic E-state index is -0.959. The predicted octanol–water partition coefficient (Wildman–Crippen LogP) is 3.41. The van der Waals surface area contributed by atoms with Gasteiger partial charge in [-0.2, -0.15) is 0 Å². The molecule has 7 nitrogen and oxygen atoms in total. The molecule has 1 amide bonds. The third-order valence-corrected chi connectivity index (χ3v) is 3.65. The van der Waals surface area contributed by atoms with E-state index in [2.05, 4.69) is 10.3 Å². The van der Waals surface area contributed by atoms with Crippen molar-refractivity contribution in [2.45, 2.75) is 20.0 Å². The molecule has 0 aliphatic heterocycles. The number of nitrogens with zero attached hydrogens (tertiary/aromatic N) is 1. The summed E-state index contributed by atoms with van der Waals surface area (Å²) in [5, 5.41) is 2.69. The second-order valence-corrected chi connectivity index (χ2v) is 5.53. The summed E-state index contributed by atoms with van der Waals surface area (Å²) in [5.41, 5.74) is 1.99. The van der Waals surface area contributed by atoms with Crippen LogP contribution in [0.15, 0.2) is 53.3 Å². The Kier molecular flexibility index (Phi) is 5.17. The van der Waals surface area contributed by atoms with Gasteiger partial charge in [-0.1, -0.05) is 0 Å². The molecule has 0 bridgehead atoms. The highest BCUT2D eigenvalue weighted by Crippen LogP contribution is 2.17. The fourth-order valence-electron chi connectivity index (χ4n) is 2.31. The lowest BCUT2D eigenvalue weighted by atomic mass is 10.2. The monoisotopic (exact) mass is 354 g/mol. The molecular formula is C19H18N2O5. The topological polar surface area (TPSA) is 90.7 Å². The third kappa shape index (κ3) is 4.00. The van der Waals surface area contributed by atoms with Gasteiger partial charge in [-0.15, -0.1) is 0 Å². The molecule has 3 rings (SSSR count). The number of esters is 1. The molecule has 134 valence electrons. The number of rotatable bonds is 6. The summed E-state index contributed by atoms with van der Waals surface area (Å²) in [4.78, 5) is 28.4. The quantitative estimate of drug-likeness (QED) is 0.682. The molecule has 3 aromatic rings. The van der Waals surface area contributed by atoms with Crippen LogP contribution < -0.4 is 10.1 Å². The number of hydrogen-bond donors (Lipinski definition) is 1. The number of oxazole rings is 1. The molecule has 26 heavy (non-hydrogen) atoms. The van der Waals surface area contributed by atoms with Gasteiger partial charge in [0.25, 0.3) is 5.91 Å². The zero-order valence-corrected chi connectivity index (χ0v) is 14.4. The number of amides is 1. The highest BCUT2D eigenvalue weighted by atomic mass is 16.5. The summed E-state index contributed by atoms with van der Waals surface area (Å²) in [7, 11) is 0. The molecule has 0 saturated heterocycles. The first kappa shape index (κ1) is 17.5. The number of aromatic nitrogens is 1. The van der Waals surface area contributed by atoms with Crippen LogP contribution in [-0.2, 0) is 9.53 Å². The van der Waals surface area contributed by atoms with Crippen LogP contribution in [0.2, 0.25) is 0 Å². The molecule has 1 atom stereocenters. The Morgan fingerprint density at radius 2 is 1.96 bits per heavy atom. The lowest BCUT2D eigenvalue weighted by Crippen LogP contribution is -2.30. The second kappa shape index (κ2) is 7.69. The molecule has 1 unspecified atom stereocenters. The number of nitrogens with one attached hydrogen (secondary N) is 1. The predicted molar refractivity (Wildman–Crippen MR) is 95.1 cm³/mol. The normalized spacial score (nSPS) is 11.8. The zero-order chi connectivity index (χ0) is 18.5. The van der Waals surface area contributed by atoms with Gasteiger partial charge in [0.2, 0.25) is 0 Å². The van der Waals surface area contributed by atoms with Crippen LogP contribution in [0.5, 0.6) is 5.75 Å². The van der Waals surface area contributed by atoms with E-state index in [0.717, 1.165) is 0 Å². The average molecular weight is 354 g/mol. The average Bonchev–Trinajstić information content (AvgIpc) is 3.11. The van der Waals surface area contributed by atoms with E-state index in [1.165, 1.54) is 19.4 Å². The van der Waals surface area contributed by atoms with Gasteiger partial charge in [-0.3, -0.25) is 4.79 Å². The van der Waals surface area contributed by atoms with E-state index >= 15 is 0 Å². The molecule has 0 aliphatic carbocycles. The van der Waals surface area contributed by atoms with Gasteiger partial charge in [0.05, 0.1) is 12.2 Å². The SMILES string of the molecule is CCOc1ccc(NC(=O)C(C)OC(=O)c2ccc3ncoc3c2)cc1. The summed E-state index contributed by atoms with van der Waals surface area (Å²) in [6, 6.07) is 11.7. The first-order valence-electron chi connectivity index (χ1n) is 8.15. The van der Waals surface area contributed by atoms with Crippen molar-refractivity contribution in [1.29, 1.82) is 0 Å². The minimum Gasteiger partial charge on any atom is -0.494 e. The standard InChI is InChI=1S/C19H18N2O5/c1-3-24-15-7-5-14(6-8-15)21-18(22)12(2)26-19(23)13-4-9-16-17(10-13)25-11-20-16/h4-12H,3H2,1-2H3,(H,21,22). The summed E-state index contributed by atoms with van der Waals surface area (Å²) >= 11 is 0. The Bertz CT molecular complexity index is 917. The third-order valence-electron chi connectivity index (χ3n) is 3.65. The van der Waals surface area contributed by atoms with E-state index in [4.69, 9.17) is 13.9 Å². The van der Waals surface area contributed by atoms with E-state index in [1.807, 2.05) is 6.92 Å². The van der Waals surface area contributed by atoms with Crippen molar-refractivity contribution >= 4 is 28.7 Å². The maximum atomic E-state index is 12.2. The van der Waals surface area contributed by atoms with Crippen LogP contribution in [0.3, 0.4) is 0 Å². The summed E-state index contributed by atoms with van der Waals surface area (Å²) in [6.45, 7) is 3.97. The largest absolute Gasteiger partial charge is 0.494 e. The second-order valence-electron chi connectivity index (χ2n) is 5.53. The molecule has 2 aromatic carbocycles. The number of benzene rings is 2. The van der Waals surface area contributed by atoms with Crippen molar-refractivity contribution in [2.24, 2.45) is 0 Å². The van der Waals surface area contributed by atoms with Gasteiger partial charge in [-0.25, -0.2) is 9.78 Å². The van der Waals surface area contributed by atoms with Gasteiger partial charge in [-0.05, 0) is 56.3 Å². The minimum absolute atomic E-state index is 0.287. The maximum absolute atomic E-state index is 12.2. The van der Waals surface area contributed by atoms with Gasteiger partial charge in [0, 0.05) is 5.69 Å². The van der Waals surface area contributed by atoms with Crippen LogP contribution >= 0.6 is 0 Å². The highest BCUT2D eigenvalue weighted by Gasteiger charge is 2.19. The van der Waals surface area contributed by atoms with E-state index in [0.29, 0.717) is 29.1 Å². The Morgan fingerprint density at radius 3 is 2.69 bits per heavy atom. The van der Waals surface area contributed by atoms with Crippen molar-refractivity contribution in [3.05, 3.63) is 54.4 Å². The van der Waals surface area contributed by atoms with Crippen LogP contribution in [0.1, 0.15) is 24.2 Å². The van der Waals surface area contributed by atoms with Crippen molar-refractivity contribution in [3.63, 3.8) is 0 Å². The molecule has 1 aromatic heterocycles. The molecule has 1 N–H and O–H groups in total. The summed E-state index contributed by atoms with van der Waals surface area (Å²) in [5.74, 6) is -0.325. The van der Waals surface area contributed by atoms with Gasteiger partial charge >= 0.3 is 5.97 Å². The molecule has 0 radical (unpaired) electrons. The lowest BCUT2D eigenvalue weighted by molar-refractivity contribution is -0.123. The Balaban J connectivity index is 1.60. The van der Waals surface area contributed by atoms with E-state index in [1.54, 1.807) is 36.4 Å². The fourth-order valence-corrected chi connectivity index (χ4v) is 2.31. The molecule has 0 fully saturated rings. The van der Waals surface area contributed by atoms with Crippen molar-refractivity contribution in [3.8, 4) is 5.75 Å². The number of hydrogen-bond acceptors (Lipinski definition) is 6. The van der Waals surface area contributed by atoms with E-state index < -0.39 is 18.0 Å². The van der Waals surface area contributed by atoms with Gasteiger partial charge in [0.15, 0.2) is 18.1 Å². The lowest BCUT2D eigenvalue weighted by Gasteiger charge is -2.14. The van der Waals surface area contributed by atoms with Crippen molar-refractivity contribution < 1.29 is 23.5 Å². The molecule has 0 spiro atoms. The number of fused-ring (bicyclic) bond motifs is 1. The smallest absolute Gasteiger partial charge is 0.339 e. The first-order chi connectivity index (χ1) is 12.6. The Morgan fingerprint density at radius 1 is 1.19 bits per heavy atom. The van der Waals surface area contributed by atoms with Gasteiger partial charge < -0.3 is 19.2 Å². The fraction of sp³-hybridized carbons (Fsp3) is 0.211. The molecule has 7 heteroatoms. The van der Waals surface area contributed by atoms with Crippen LogP contribution in [0.4, 0.5) is 5.69 Å². The molecule has 0 saturated carbocycles. The number of anilines is 1. The van der Waals surface area contributed by atoms with Crippen LogP contribution in [0, 0.1) is 0 Å². The Hall–Kier alpha value is -3.35. The highest BCUT2D eigenvalue weighted by molar-refractivity contribution is 5.98. The van der Waals surface area contributed by atoms with E-state index in [9.17, 15) is 9.59 Å². The number of carbonyl (C=O) groups is 2. The molecular weight excluding hydrogens is 336 g/mol. The van der Waals surface area contributed by atoms with Crippen molar-refractivity contribution in [2.75, 3.05) is 11.9 Å². The number of ether oxygens (including phenoxy) is 2. The summed E-state index contributed by atoms with van der Waals surface area (Å²) in [6.07, 6.45) is 0.339. The molecule has 0 aliphatic rings. The molecule has 1 heterocycles.